The van der Waals surface area contributed by atoms with E-state index in [0.29, 0.717) is 11.6 Å². The van der Waals surface area contributed by atoms with Crippen molar-refractivity contribution in [3.63, 3.8) is 0 Å². The Kier molecular flexibility index (Phi) is 3.11. The van der Waals surface area contributed by atoms with Crippen LogP contribution in [0.4, 0.5) is 0 Å². The van der Waals surface area contributed by atoms with Crippen LogP contribution in [0.2, 0.25) is 0 Å². The summed E-state index contributed by atoms with van der Waals surface area (Å²) in [5.74, 6) is 1.19. The van der Waals surface area contributed by atoms with Crippen LogP contribution in [0.25, 0.3) is 0 Å². The Bertz CT molecular complexity index is 340. The lowest BCUT2D eigenvalue weighted by Crippen LogP contribution is -2.11. The van der Waals surface area contributed by atoms with Gasteiger partial charge < -0.3 is 9.57 Å². The fourth-order valence-corrected chi connectivity index (χ4v) is 1.41. The number of nitrogens with zero attached hydrogens (tertiary/aromatic N) is 3. The largest absolute Gasteiger partial charge is 0.436 e. The first-order valence-electron chi connectivity index (χ1n) is 5.04. The average Bonchev–Trinajstić information content (AvgIpc) is 2.68. The van der Waals surface area contributed by atoms with E-state index in [1.807, 2.05) is 0 Å². The van der Waals surface area contributed by atoms with Crippen LogP contribution in [0.15, 0.2) is 23.9 Å². The highest BCUT2D eigenvalue weighted by molar-refractivity contribution is 5.79. The van der Waals surface area contributed by atoms with Crippen molar-refractivity contribution in [2.75, 3.05) is 0 Å². The first kappa shape index (κ1) is 9.89. The first-order valence-corrected chi connectivity index (χ1v) is 5.04. The summed E-state index contributed by atoms with van der Waals surface area (Å²) in [7, 11) is 0. The molecular weight excluding hydrogens is 194 g/mol. The van der Waals surface area contributed by atoms with E-state index in [1.165, 1.54) is 6.33 Å². The van der Waals surface area contributed by atoms with Crippen molar-refractivity contribution in [2.24, 2.45) is 5.16 Å². The van der Waals surface area contributed by atoms with Crippen LogP contribution in [0, 0.1) is 0 Å². The molecule has 5 nitrogen and oxygen atoms in total. The third kappa shape index (κ3) is 2.65. The van der Waals surface area contributed by atoms with E-state index in [-0.39, 0.29) is 6.10 Å². The van der Waals surface area contributed by atoms with E-state index >= 15 is 0 Å². The van der Waals surface area contributed by atoms with Crippen LogP contribution >= 0.6 is 0 Å². The predicted octanol–water partition coefficient (Wildman–Crippen LogP) is 1.76. The number of hydrogen-bond donors (Lipinski definition) is 0. The van der Waals surface area contributed by atoms with Gasteiger partial charge in [-0.25, -0.2) is 9.97 Å². The molecule has 1 unspecified atom stereocenters. The van der Waals surface area contributed by atoms with Gasteiger partial charge >= 0.3 is 0 Å². The Labute approximate surface area is 88.1 Å². The number of ether oxygens (including phenoxy) is 1. The fraction of sp³-hybridized carbons (Fsp3) is 0.500. The highest BCUT2D eigenvalue weighted by Gasteiger charge is 2.21. The molecule has 1 aliphatic heterocycles. The third-order valence-corrected chi connectivity index (χ3v) is 2.09. The highest BCUT2D eigenvalue weighted by atomic mass is 16.7. The topological polar surface area (TPSA) is 56.6 Å². The van der Waals surface area contributed by atoms with Gasteiger partial charge in [0.1, 0.15) is 12.4 Å². The molecule has 0 aliphatic carbocycles. The number of oxime groups is 1. The van der Waals surface area contributed by atoms with Crippen LogP contribution in [0.3, 0.4) is 0 Å². The van der Waals surface area contributed by atoms with Gasteiger partial charge in [-0.3, -0.25) is 0 Å². The average molecular weight is 207 g/mol. The van der Waals surface area contributed by atoms with E-state index < -0.39 is 0 Å². The molecule has 2 heterocycles. The summed E-state index contributed by atoms with van der Waals surface area (Å²) in [4.78, 5) is 12.9. The van der Waals surface area contributed by atoms with Gasteiger partial charge in [0.2, 0.25) is 5.90 Å². The maximum atomic E-state index is 5.45. The van der Waals surface area contributed by atoms with Gasteiger partial charge in [0.15, 0.2) is 5.75 Å². The van der Waals surface area contributed by atoms with Gasteiger partial charge in [0.25, 0.3) is 0 Å². The van der Waals surface area contributed by atoms with Gasteiger partial charge in [-0.15, -0.1) is 0 Å². The fourth-order valence-electron chi connectivity index (χ4n) is 1.41. The van der Waals surface area contributed by atoms with Gasteiger partial charge in [-0.05, 0) is 6.42 Å². The van der Waals surface area contributed by atoms with Crippen LogP contribution in [0.5, 0.6) is 5.75 Å². The second kappa shape index (κ2) is 4.72. The van der Waals surface area contributed by atoms with E-state index in [2.05, 4.69) is 22.0 Å². The lowest BCUT2D eigenvalue weighted by atomic mass is 10.1. The predicted molar refractivity (Wildman–Crippen MR) is 54.5 cm³/mol. The quantitative estimate of drug-likeness (QED) is 0.757. The number of hydrogen-bond acceptors (Lipinski definition) is 5. The van der Waals surface area contributed by atoms with Crippen LogP contribution in [-0.4, -0.2) is 22.0 Å². The summed E-state index contributed by atoms with van der Waals surface area (Å²) >= 11 is 0. The smallest absolute Gasteiger partial charge is 0.235 e. The number of rotatable bonds is 3. The molecule has 5 heteroatoms. The second-order valence-electron chi connectivity index (χ2n) is 3.38. The zero-order valence-electron chi connectivity index (χ0n) is 8.59. The van der Waals surface area contributed by atoms with Gasteiger partial charge in [-0.2, -0.15) is 0 Å². The molecule has 0 saturated carbocycles. The Morgan fingerprint density at radius 2 is 2.27 bits per heavy atom. The molecule has 0 N–H and O–H groups in total. The molecule has 0 radical (unpaired) electrons. The maximum Gasteiger partial charge on any atom is 0.235 e. The minimum atomic E-state index is 0.162. The molecule has 2 rings (SSSR count). The molecule has 0 aromatic carbocycles. The third-order valence-electron chi connectivity index (χ3n) is 2.09. The summed E-state index contributed by atoms with van der Waals surface area (Å²) in [5, 5.41) is 3.87. The molecule has 15 heavy (non-hydrogen) atoms. The molecule has 80 valence electrons. The highest BCUT2D eigenvalue weighted by Crippen LogP contribution is 2.17. The monoisotopic (exact) mass is 207 g/mol. The van der Waals surface area contributed by atoms with E-state index in [9.17, 15) is 0 Å². The Morgan fingerprint density at radius 3 is 3.00 bits per heavy atom. The van der Waals surface area contributed by atoms with Crippen LogP contribution in [0.1, 0.15) is 26.2 Å². The normalized spacial score (nSPS) is 19.5. The molecule has 0 saturated heterocycles. The lowest BCUT2D eigenvalue weighted by molar-refractivity contribution is 0.0784. The SMILES string of the molecule is CCCC1CC(Oc2cncnc2)=NO1. The van der Waals surface area contributed by atoms with Gasteiger partial charge in [0.05, 0.1) is 18.8 Å². The van der Waals surface area contributed by atoms with Crippen molar-refractivity contribution in [2.45, 2.75) is 32.3 Å². The van der Waals surface area contributed by atoms with Crippen molar-refractivity contribution in [3.05, 3.63) is 18.7 Å². The molecule has 1 aromatic rings. The number of aromatic nitrogens is 2. The van der Waals surface area contributed by atoms with Gasteiger partial charge in [0, 0.05) is 0 Å². The lowest BCUT2D eigenvalue weighted by Gasteiger charge is -2.04. The van der Waals surface area contributed by atoms with Crippen molar-refractivity contribution in [1.82, 2.24) is 9.97 Å². The molecule has 1 atom stereocenters. The summed E-state index contributed by atoms with van der Waals surface area (Å²) in [6, 6.07) is 0. The van der Waals surface area contributed by atoms with Crippen molar-refractivity contribution in [3.8, 4) is 5.75 Å². The molecule has 0 spiro atoms. The Morgan fingerprint density at radius 1 is 1.47 bits per heavy atom. The summed E-state index contributed by atoms with van der Waals surface area (Å²) in [6.07, 6.45) is 7.63. The zero-order valence-corrected chi connectivity index (χ0v) is 8.59. The first-order chi connectivity index (χ1) is 7.38. The van der Waals surface area contributed by atoms with Crippen LogP contribution in [-0.2, 0) is 4.84 Å². The molecule has 0 bridgehead atoms. The Hall–Kier alpha value is -1.65. The second-order valence-corrected chi connectivity index (χ2v) is 3.38. The minimum absolute atomic E-state index is 0.162. The molecule has 1 aromatic heterocycles. The molecule has 0 amide bonds. The molecule has 1 aliphatic rings. The van der Waals surface area contributed by atoms with Crippen LogP contribution < -0.4 is 4.74 Å². The van der Waals surface area contributed by atoms with Crippen molar-refractivity contribution in [1.29, 1.82) is 0 Å². The van der Waals surface area contributed by atoms with Gasteiger partial charge in [-0.1, -0.05) is 18.5 Å². The van der Waals surface area contributed by atoms with E-state index in [4.69, 9.17) is 9.57 Å². The molecule has 0 fully saturated rings. The molecular formula is C10H13N3O2. The summed E-state index contributed by atoms with van der Waals surface area (Å²) in [5.41, 5.74) is 0. The van der Waals surface area contributed by atoms with Crippen molar-refractivity contribution >= 4 is 5.90 Å². The van der Waals surface area contributed by atoms with Crippen molar-refractivity contribution < 1.29 is 9.57 Å². The maximum absolute atomic E-state index is 5.45. The Balaban J connectivity index is 1.87. The zero-order chi connectivity index (χ0) is 10.5. The van der Waals surface area contributed by atoms with E-state index in [1.54, 1.807) is 12.4 Å². The minimum Gasteiger partial charge on any atom is -0.436 e. The summed E-state index contributed by atoms with van der Waals surface area (Å²) < 4.78 is 5.45. The standard InChI is InChI=1S/C10H13N3O2/c1-2-3-8-4-10(13-15-8)14-9-5-11-7-12-6-9/h5-8H,2-4H2,1H3. The summed E-state index contributed by atoms with van der Waals surface area (Å²) in [6.45, 7) is 2.12. The van der Waals surface area contributed by atoms with E-state index in [0.717, 1.165) is 19.3 Å².